The Bertz CT molecular complexity index is 392. The molecule has 0 radical (unpaired) electrons. The Labute approximate surface area is 164 Å². The molecule has 7 nitrogen and oxygen atoms in total. The van der Waals surface area contributed by atoms with Gasteiger partial charge in [-0.2, -0.15) is 0 Å². The van der Waals surface area contributed by atoms with E-state index in [2.05, 4.69) is 10.6 Å². The molecular weight excluding hydrogens is 348 g/mol. The molecule has 2 saturated heterocycles. The van der Waals surface area contributed by atoms with Crippen LogP contribution >= 0.6 is 0 Å². The van der Waals surface area contributed by atoms with E-state index in [0.29, 0.717) is 0 Å². The first-order valence-corrected chi connectivity index (χ1v) is 10.4. The van der Waals surface area contributed by atoms with Crippen LogP contribution in [0, 0.1) is 0 Å². The number of aliphatic hydroxyl groups excluding tert-OH is 1. The Hall–Kier alpha value is -1.18. The van der Waals surface area contributed by atoms with Crippen LogP contribution in [-0.2, 0) is 14.3 Å². The largest absolute Gasteiger partial charge is 0.480 e. The van der Waals surface area contributed by atoms with E-state index in [1.54, 1.807) is 6.92 Å². The maximum Gasteiger partial charge on any atom is 0.323 e. The van der Waals surface area contributed by atoms with Crippen LogP contribution < -0.4 is 10.6 Å². The van der Waals surface area contributed by atoms with Crippen LogP contribution in [-0.4, -0.2) is 59.5 Å². The summed E-state index contributed by atoms with van der Waals surface area (Å²) in [6.45, 7) is 9.48. The quantitative estimate of drug-likeness (QED) is 0.536. The predicted octanol–water partition coefficient (Wildman–Crippen LogP) is 2.46. The first kappa shape index (κ1) is 25.8. The molecule has 0 saturated carbocycles. The molecule has 4 N–H and O–H groups in total. The van der Waals surface area contributed by atoms with Gasteiger partial charge in [0, 0.05) is 0 Å². The average molecular weight is 389 g/mol. The van der Waals surface area contributed by atoms with Crippen LogP contribution in [0.25, 0.3) is 0 Å². The monoisotopic (exact) mass is 388 g/mol. The summed E-state index contributed by atoms with van der Waals surface area (Å²) in [4.78, 5) is 21.8. The highest BCUT2D eigenvalue weighted by atomic mass is 16.5. The summed E-state index contributed by atoms with van der Waals surface area (Å²) >= 11 is 0. The molecule has 2 fully saturated rings. The second-order valence-corrected chi connectivity index (χ2v) is 7.26. The molecular formula is C20H40N2O5. The third kappa shape index (κ3) is 13.6. The third-order valence-corrected chi connectivity index (χ3v) is 4.69. The normalized spacial score (nSPS) is 24.2. The highest BCUT2D eigenvalue weighted by Crippen LogP contribution is 2.10. The van der Waals surface area contributed by atoms with Crippen molar-refractivity contribution in [1.82, 2.24) is 10.6 Å². The molecule has 4 atom stereocenters. The van der Waals surface area contributed by atoms with Crippen LogP contribution in [0.5, 0.6) is 0 Å². The molecule has 0 aromatic heterocycles. The Morgan fingerprint density at radius 1 is 0.963 bits per heavy atom. The van der Waals surface area contributed by atoms with Crippen molar-refractivity contribution >= 4 is 11.9 Å². The standard InChI is InChI=1S/C10H19NO2.C6H11NO2.C4H10O/c1-3-8(2)13-10(12)9-6-4-5-7-11-9;8-6(9)5-3-1-2-4-7-5;1-3-4(2)5/h8-9,11H,3-7H2,1-2H3;5,7H,1-4H2,(H,8,9);4-5H,3H2,1-2H3. The fourth-order valence-electron chi connectivity index (χ4n) is 2.48. The van der Waals surface area contributed by atoms with Gasteiger partial charge in [0.25, 0.3) is 0 Å². The molecule has 0 spiro atoms. The first-order chi connectivity index (χ1) is 12.8. The molecule has 0 aromatic rings. The van der Waals surface area contributed by atoms with Crippen molar-refractivity contribution in [2.24, 2.45) is 0 Å². The van der Waals surface area contributed by atoms with E-state index >= 15 is 0 Å². The lowest BCUT2D eigenvalue weighted by atomic mass is 10.1. The maximum atomic E-state index is 11.5. The molecule has 4 unspecified atom stereocenters. The molecule has 7 heteroatoms. The summed E-state index contributed by atoms with van der Waals surface area (Å²) in [5.41, 5.74) is 0. The lowest BCUT2D eigenvalue weighted by Crippen LogP contribution is -2.42. The zero-order chi connectivity index (χ0) is 20.7. The topological polar surface area (TPSA) is 108 Å². The minimum Gasteiger partial charge on any atom is -0.480 e. The van der Waals surface area contributed by atoms with Crippen molar-refractivity contribution in [2.45, 2.75) is 103 Å². The molecule has 2 aliphatic heterocycles. The van der Waals surface area contributed by atoms with Crippen LogP contribution in [0.15, 0.2) is 0 Å². The number of hydrogen-bond donors (Lipinski definition) is 4. The van der Waals surface area contributed by atoms with Crippen molar-refractivity contribution in [2.75, 3.05) is 13.1 Å². The van der Waals surface area contributed by atoms with Gasteiger partial charge in [0.2, 0.25) is 0 Å². The lowest BCUT2D eigenvalue weighted by molar-refractivity contribution is -0.151. The Morgan fingerprint density at radius 3 is 1.74 bits per heavy atom. The molecule has 0 amide bonds. The van der Waals surface area contributed by atoms with Gasteiger partial charge in [0.1, 0.15) is 12.1 Å². The van der Waals surface area contributed by atoms with Crippen molar-refractivity contribution < 1.29 is 24.5 Å². The van der Waals surface area contributed by atoms with E-state index in [1.807, 2.05) is 20.8 Å². The van der Waals surface area contributed by atoms with Crippen molar-refractivity contribution in [3.8, 4) is 0 Å². The molecule has 27 heavy (non-hydrogen) atoms. The van der Waals surface area contributed by atoms with E-state index in [-0.39, 0.29) is 30.3 Å². The number of carbonyl (C=O) groups is 2. The number of piperidine rings is 2. The van der Waals surface area contributed by atoms with Crippen molar-refractivity contribution in [1.29, 1.82) is 0 Å². The van der Waals surface area contributed by atoms with Gasteiger partial charge in [-0.05, 0) is 65.5 Å². The van der Waals surface area contributed by atoms with E-state index in [1.165, 1.54) is 6.42 Å². The Balaban J connectivity index is 0.000000419. The summed E-state index contributed by atoms with van der Waals surface area (Å²) in [6, 6.07) is -0.332. The van der Waals surface area contributed by atoms with Crippen molar-refractivity contribution in [3.05, 3.63) is 0 Å². The van der Waals surface area contributed by atoms with Crippen LogP contribution in [0.4, 0.5) is 0 Å². The van der Waals surface area contributed by atoms with Gasteiger partial charge in [0.15, 0.2) is 0 Å². The van der Waals surface area contributed by atoms with E-state index in [4.69, 9.17) is 14.9 Å². The molecule has 0 aromatic carbocycles. The third-order valence-electron chi connectivity index (χ3n) is 4.69. The molecule has 160 valence electrons. The number of carboxylic acids is 1. The maximum absolute atomic E-state index is 11.5. The summed E-state index contributed by atoms with van der Waals surface area (Å²) in [5, 5.41) is 22.9. The van der Waals surface area contributed by atoms with Gasteiger partial charge in [-0.1, -0.05) is 26.7 Å². The number of esters is 1. The minimum atomic E-state index is -0.713. The zero-order valence-electron chi connectivity index (χ0n) is 17.5. The molecule has 0 aliphatic carbocycles. The number of nitrogens with one attached hydrogen (secondary N) is 2. The van der Waals surface area contributed by atoms with E-state index in [9.17, 15) is 9.59 Å². The fraction of sp³-hybridized carbons (Fsp3) is 0.900. The smallest absolute Gasteiger partial charge is 0.323 e. The van der Waals surface area contributed by atoms with Gasteiger partial charge in [-0.3, -0.25) is 9.59 Å². The highest BCUT2D eigenvalue weighted by Gasteiger charge is 2.22. The van der Waals surface area contributed by atoms with Gasteiger partial charge in [-0.15, -0.1) is 0 Å². The SMILES string of the molecule is CCC(C)O.CCC(C)OC(=O)C1CCCCN1.O=C(O)C1CCCCN1. The summed E-state index contributed by atoms with van der Waals surface area (Å²) in [5.74, 6) is -0.788. The van der Waals surface area contributed by atoms with Gasteiger partial charge in [0.05, 0.1) is 12.2 Å². The van der Waals surface area contributed by atoms with Gasteiger partial charge < -0.3 is 25.6 Å². The van der Waals surface area contributed by atoms with Crippen molar-refractivity contribution in [3.63, 3.8) is 0 Å². The number of carboxylic acid groups (broad SMARTS) is 1. The Kier molecular flexibility index (Phi) is 15.1. The first-order valence-electron chi connectivity index (χ1n) is 10.4. The summed E-state index contributed by atoms with van der Waals surface area (Å²) < 4.78 is 5.24. The summed E-state index contributed by atoms with van der Waals surface area (Å²) in [6.07, 6.45) is 7.86. The molecule has 2 heterocycles. The van der Waals surface area contributed by atoms with Gasteiger partial charge in [-0.25, -0.2) is 0 Å². The highest BCUT2D eigenvalue weighted by molar-refractivity contribution is 5.76. The predicted molar refractivity (Wildman–Crippen MR) is 107 cm³/mol. The number of aliphatic hydroxyl groups is 1. The van der Waals surface area contributed by atoms with E-state index in [0.717, 1.165) is 58.0 Å². The summed E-state index contributed by atoms with van der Waals surface area (Å²) in [7, 11) is 0. The zero-order valence-corrected chi connectivity index (χ0v) is 17.5. The second-order valence-electron chi connectivity index (χ2n) is 7.26. The number of carbonyl (C=O) groups excluding carboxylic acids is 1. The number of rotatable bonds is 5. The van der Waals surface area contributed by atoms with Crippen LogP contribution in [0.3, 0.4) is 0 Å². The minimum absolute atomic E-state index is 0.0521. The van der Waals surface area contributed by atoms with Crippen LogP contribution in [0.2, 0.25) is 0 Å². The van der Waals surface area contributed by atoms with Gasteiger partial charge >= 0.3 is 11.9 Å². The molecule has 0 bridgehead atoms. The molecule has 2 aliphatic rings. The Morgan fingerprint density at radius 2 is 1.44 bits per heavy atom. The number of hydrogen-bond acceptors (Lipinski definition) is 6. The fourth-order valence-corrected chi connectivity index (χ4v) is 2.48. The van der Waals surface area contributed by atoms with Crippen LogP contribution in [0.1, 0.15) is 79.1 Å². The number of aliphatic carboxylic acids is 1. The lowest BCUT2D eigenvalue weighted by Gasteiger charge is -2.23. The average Bonchev–Trinajstić information content (AvgIpc) is 2.70. The second kappa shape index (κ2) is 15.8. The number of ether oxygens (including phenoxy) is 1. The van der Waals surface area contributed by atoms with E-state index < -0.39 is 5.97 Å². The molecule has 2 rings (SSSR count).